The molecule has 0 aliphatic rings. The number of phenols is 1. The van der Waals surface area contributed by atoms with Crippen LogP contribution in [0.5, 0.6) is 5.75 Å². The molecule has 43 heavy (non-hydrogen) atoms. The minimum absolute atomic E-state index is 0.0373. The Balaban J connectivity index is 1.57. The van der Waals surface area contributed by atoms with Crippen LogP contribution in [-0.2, 0) is 41.5 Å². The van der Waals surface area contributed by atoms with Gasteiger partial charge in [0, 0.05) is 24.7 Å². The summed E-state index contributed by atoms with van der Waals surface area (Å²) in [5.74, 6) is 0.129. The average Bonchev–Trinajstić information content (AvgIpc) is 2.95. The molecule has 0 spiro atoms. The van der Waals surface area contributed by atoms with Crippen LogP contribution >= 0.6 is 0 Å². The molecule has 3 aromatic carbocycles. The fourth-order valence-corrected chi connectivity index (χ4v) is 6.11. The highest BCUT2D eigenvalue weighted by atomic mass is 28.4. The Morgan fingerprint density at radius 3 is 2.28 bits per heavy atom. The van der Waals surface area contributed by atoms with Crippen molar-refractivity contribution in [1.82, 2.24) is 10.6 Å². The fraction of sp³-hybridized carbons (Fsp3) is 0.472. The lowest BCUT2D eigenvalue weighted by molar-refractivity contribution is -0.120. The van der Waals surface area contributed by atoms with Crippen LogP contribution in [0.3, 0.4) is 0 Å². The molecule has 0 aliphatic carbocycles. The average molecular weight is 605 g/mol. The van der Waals surface area contributed by atoms with Crippen molar-refractivity contribution in [1.29, 1.82) is 0 Å². The fourth-order valence-electron chi connectivity index (χ4n) is 4.83. The quantitative estimate of drug-likeness (QED) is 0.146. The second-order valence-electron chi connectivity index (χ2n) is 13.2. The summed E-state index contributed by atoms with van der Waals surface area (Å²) in [7, 11) is -2.10. The molecule has 3 rings (SSSR count). The Kier molecular flexibility index (Phi) is 12.6. The van der Waals surface area contributed by atoms with Gasteiger partial charge in [-0.3, -0.25) is 4.79 Å². The molecule has 1 amide bonds. The molecular formula is C36H52N2O4Si. The van der Waals surface area contributed by atoms with Crippen LogP contribution < -0.4 is 10.6 Å². The van der Waals surface area contributed by atoms with Gasteiger partial charge in [-0.2, -0.15) is 0 Å². The maximum absolute atomic E-state index is 12.6. The lowest BCUT2D eigenvalue weighted by Gasteiger charge is -2.40. The third-order valence-electron chi connectivity index (χ3n) is 8.61. The van der Waals surface area contributed by atoms with E-state index >= 15 is 0 Å². The molecule has 0 radical (unpaired) electrons. The van der Waals surface area contributed by atoms with Gasteiger partial charge in [0.25, 0.3) is 0 Å². The van der Waals surface area contributed by atoms with E-state index in [-0.39, 0.29) is 35.4 Å². The van der Waals surface area contributed by atoms with Crippen molar-refractivity contribution in [2.45, 2.75) is 97.2 Å². The third kappa shape index (κ3) is 10.6. The minimum Gasteiger partial charge on any atom is -0.508 e. The first-order chi connectivity index (χ1) is 20.3. The molecule has 6 nitrogen and oxygen atoms in total. The SMILES string of the molecule is CCc1ccc(CCNC(=O)Cc2cccc(C[C@@H](C)NC[C@@H](O[Si](C)(C)C(C)(C)C)c3ccc(O)c(CO)c3)c2)cc1. The van der Waals surface area contributed by atoms with Crippen LogP contribution in [0.4, 0.5) is 0 Å². The molecule has 0 saturated carbocycles. The topological polar surface area (TPSA) is 90.8 Å². The zero-order valence-corrected chi connectivity index (χ0v) is 28.2. The van der Waals surface area contributed by atoms with Gasteiger partial charge >= 0.3 is 0 Å². The van der Waals surface area contributed by atoms with E-state index < -0.39 is 8.32 Å². The Hall–Kier alpha value is -2.97. The number of nitrogens with one attached hydrogen (secondary N) is 2. The summed E-state index contributed by atoms with van der Waals surface area (Å²) in [6.45, 7) is 16.5. The lowest BCUT2D eigenvalue weighted by Crippen LogP contribution is -2.44. The van der Waals surface area contributed by atoms with Gasteiger partial charge in [0.05, 0.1) is 19.1 Å². The van der Waals surface area contributed by atoms with Gasteiger partial charge in [0.15, 0.2) is 8.32 Å². The zero-order chi connectivity index (χ0) is 31.6. The molecule has 7 heteroatoms. The highest BCUT2D eigenvalue weighted by Gasteiger charge is 2.39. The Bertz CT molecular complexity index is 1320. The van der Waals surface area contributed by atoms with Crippen molar-refractivity contribution < 1.29 is 19.4 Å². The van der Waals surface area contributed by atoms with E-state index in [2.05, 4.69) is 94.7 Å². The summed E-state index contributed by atoms with van der Waals surface area (Å²) in [5, 5.41) is 26.6. The predicted octanol–water partition coefficient (Wildman–Crippen LogP) is 6.63. The predicted molar refractivity (Wildman–Crippen MR) is 179 cm³/mol. The Morgan fingerprint density at radius 2 is 1.63 bits per heavy atom. The second kappa shape index (κ2) is 15.7. The summed E-state index contributed by atoms with van der Waals surface area (Å²) in [6.07, 6.45) is 2.82. The summed E-state index contributed by atoms with van der Waals surface area (Å²) < 4.78 is 6.83. The molecule has 3 aromatic rings. The lowest BCUT2D eigenvalue weighted by atomic mass is 10.0. The summed E-state index contributed by atoms with van der Waals surface area (Å²) in [5.41, 5.74) is 6.19. The van der Waals surface area contributed by atoms with E-state index in [9.17, 15) is 15.0 Å². The van der Waals surface area contributed by atoms with Crippen molar-refractivity contribution >= 4 is 14.2 Å². The third-order valence-corrected chi connectivity index (χ3v) is 13.1. The Labute approximate surface area is 260 Å². The minimum atomic E-state index is -2.10. The molecule has 0 aliphatic heterocycles. The van der Waals surface area contributed by atoms with Crippen LogP contribution in [0.2, 0.25) is 18.1 Å². The Morgan fingerprint density at radius 1 is 0.953 bits per heavy atom. The van der Waals surface area contributed by atoms with Crippen molar-refractivity contribution in [2.75, 3.05) is 13.1 Å². The molecule has 0 heterocycles. The van der Waals surface area contributed by atoms with Gasteiger partial charge in [-0.05, 0) is 84.3 Å². The van der Waals surface area contributed by atoms with E-state index in [0.29, 0.717) is 25.1 Å². The molecule has 0 saturated heterocycles. The number of aromatic hydroxyl groups is 1. The molecule has 4 N–H and O–H groups in total. The van der Waals surface area contributed by atoms with Gasteiger partial charge in [-0.1, -0.05) is 82.3 Å². The molecular weight excluding hydrogens is 552 g/mol. The van der Waals surface area contributed by atoms with Gasteiger partial charge in [-0.15, -0.1) is 0 Å². The van der Waals surface area contributed by atoms with E-state index in [1.165, 1.54) is 16.7 Å². The number of benzene rings is 3. The largest absolute Gasteiger partial charge is 0.508 e. The maximum Gasteiger partial charge on any atom is 0.224 e. The monoisotopic (exact) mass is 604 g/mol. The van der Waals surface area contributed by atoms with Crippen molar-refractivity contribution in [3.8, 4) is 5.75 Å². The van der Waals surface area contributed by atoms with Crippen molar-refractivity contribution in [3.05, 3.63) is 100 Å². The summed E-state index contributed by atoms with van der Waals surface area (Å²) >= 11 is 0. The molecule has 0 fully saturated rings. The summed E-state index contributed by atoms with van der Waals surface area (Å²) in [4.78, 5) is 12.6. The second-order valence-corrected chi connectivity index (χ2v) is 17.9. The van der Waals surface area contributed by atoms with E-state index in [1.54, 1.807) is 6.07 Å². The maximum atomic E-state index is 12.6. The molecule has 0 bridgehead atoms. The highest BCUT2D eigenvalue weighted by molar-refractivity contribution is 6.74. The number of aliphatic hydroxyl groups excluding tert-OH is 1. The van der Waals surface area contributed by atoms with E-state index in [4.69, 9.17) is 4.43 Å². The number of aryl methyl sites for hydroxylation is 1. The molecule has 0 aromatic heterocycles. The van der Waals surface area contributed by atoms with E-state index in [1.807, 2.05) is 24.3 Å². The number of amides is 1. The number of rotatable bonds is 15. The standard InChI is InChI=1S/C36H52N2O4Si/c1-8-27-12-14-28(15-13-27)18-19-37-35(41)22-30-11-9-10-29(21-30)20-26(2)38-24-34(42-43(6,7)36(3,4)5)31-16-17-33(40)32(23-31)25-39/h9-17,21,23,26,34,38-40H,8,18-20,22,24-25H2,1-7H3,(H,37,41)/t26-,34-/m1/s1. The van der Waals surface area contributed by atoms with Crippen molar-refractivity contribution in [2.24, 2.45) is 0 Å². The number of hydrogen-bond acceptors (Lipinski definition) is 5. The van der Waals surface area contributed by atoms with Crippen LogP contribution in [0.25, 0.3) is 0 Å². The first-order valence-electron chi connectivity index (χ1n) is 15.6. The van der Waals surface area contributed by atoms with Crippen LogP contribution in [0.15, 0.2) is 66.7 Å². The highest BCUT2D eigenvalue weighted by Crippen LogP contribution is 2.40. The van der Waals surface area contributed by atoms with Crippen LogP contribution in [-0.4, -0.2) is 43.6 Å². The zero-order valence-electron chi connectivity index (χ0n) is 27.2. The number of carbonyl (C=O) groups excluding carboxylic acids is 1. The molecule has 234 valence electrons. The number of hydrogen-bond donors (Lipinski definition) is 4. The first kappa shape index (κ1) is 34.5. The first-order valence-corrected chi connectivity index (χ1v) is 18.5. The summed E-state index contributed by atoms with van der Waals surface area (Å²) in [6, 6.07) is 22.4. The van der Waals surface area contributed by atoms with Gasteiger partial charge in [-0.25, -0.2) is 0 Å². The van der Waals surface area contributed by atoms with E-state index in [0.717, 1.165) is 30.4 Å². The van der Waals surface area contributed by atoms with Gasteiger partial charge < -0.3 is 25.3 Å². The van der Waals surface area contributed by atoms with Crippen LogP contribution in [0.1, 0.15) is 74.1 Å². The smallest absolute Gasteiger partial charge is 0.224 e. The molecule has 2 atom stereocenters. The van der Waals surface area contributed by atoms with Crippen molar-refractivity contribution in [3.63, 3.8) is 0 Å². The van der Waals surface area contributed by atoms with Gasteiger partial charge in [0.1, 0.15) is 5.75 Å². The number of carbonyl (C=O) groups is 1. The van der Waals surface area contributed by atoms with Crippen LogP contribution in [0, 0.1) is 0 Å². The molecule has 0 unspecified atom stereocenters. The normalized spacial score (nSPS) is 13.5. The number of aliphatic hydroxyl groups is 1. The van der Waals surface area contributed by atoms with Gasteiger partial charge in [0.2, 0.25) is 5.91 Å².